The summed E-state index contributed by atoms with van der Waals surface area (Å²) in [4.78, 5) is 0. The Kier molecular flexibility index (Phi) is 3.83. The van der Waals surface area contributed by atoms with Crippen LogP contribution in [0, 0.1) is 0 Å². The fourth-order valence-electron chi connectivity index (χ4n) is 2.38. The molecule has 1 heterocycles. The van der Waals surface area contributed by atoms with Gasteiger partial charge in [-0.2, -0.15) is 0 Å². The van der Waals surface area contributed by atoms with Crippen LogP contribution in [0.3, 0.4) is 0 Å². The third kappa shape index (κ3) is 2.98. The smallest absolute Gasteiger partial charge is 0.0958 e. The van der Waals surface area contributed by atoms with Gasteiger partial charge in [0.15, 0.2) is 0 Å². The third-order valence-electron chi connectivity index (χ3n) is 3.40. The maximum atomic E-state index is 6.19. The van der Waals surface area contributed by atoms with Crippen LogP contribution < -0.4 is 5.32 Å². The van der Waals surface area contributed by atoms with Crippen molar-refractivity contribution in [1.82, 2.24) is 5.32 Å². The van der Waals surface area contributed by atoms with Gasteiger partial charge in [-0.3, -0.25) is 0 Å². The predicted molar refractivity (Wildman–Crippen MR) is 77.3 cm³/mol. The average Bonchev–Trinajstić information content (AvgIpc) is 2.49. The number of halogens is 1. The van der Waals surface area contributed by atoms with Crippen molar-refractivity contribution in [3.05, 3.63) is 70.7 Å². The lowest BCUT2D eigenvalue weighted by atomic mass is 10.0. The van der Waals surface area contributed by atoms with E-state index in [0.29, 0.717) is 0 Å². The summed E-state index contributed by atoms with van der Waals surface area (Å²) in [5, 5.41) is 4.20. The number of hydrogen-bond donors (Lipinski definition) is 1. The molecule has 2 unspecified atom stereocenters. The molecular weight excluding hydrogens is 258 g/mol. The highest BCUT2D eigenvalue weighted by atomic mass is 35.5. The first-order valence-corrected chi connectivity index (χ1v) is 6.87. The summed E-state index contributed by atoms with van der Waals surface area (Å²) in [6.07, 6.45) is 0.187. The van der Waals surface area contributed by atoms with E-state index in [1.807, 2.05) is 42.5 Å². The molecule has 0 aliphatic carbocycles. The number of benzene rings is 2. The van der Waals surface area contributed by atoms with E-state index in [2.05, 4.69) is 17.4 Å². The van der Waals surface area contributed by atoms with Crippen LogP contribution in [-0.4, -0.2) is 13.1 Å². The summed E-state index contributed by atoms with van der Waals surface area (Å²) < 4.78 is 6.19. The highest BCUT2D eigenvalue weighted by molar-refractivity contribution is 6.30. The lowest BCUT2D eigenvalue weighted by Gasteiger charge is -2.31. The minimum atomic E-state index is 0.0798. The van der Waals surface area contributed by atoms with Gasteiger partial charge in [-0.05, 0) is 23.3 Å². The Morgan fingerprint density at radius 2 is 1.42 bits per heavy atom. The third-order valence-corrected chi connectivity index (χ3v) is 3.65. The van der Waals surface area contributed by atoms with E-state index in [1.165, 1.54) is 5.56 Å². The first-order valence-electron chi connectivity index (χ1n) is 6.49. The van der Waals surface area contributed by atoms with Crippen molar-refractivity contribution in [3.63, 3.8) is 0 Å². The van der Waals surface area contributed by atoms with E-state index in [-0.39, 0.29) is 12.2 Å². The van der Waals surface area contributed by atoms with Crippen LogP contribution in [0.25, 0.3) is 0 Å². The van der Waals surface area contributed by atoms with Crippen LogP contribution in [0.5, 0.6) is 0 Å². The van der Waals surface area contributed by atoms with Crippen LogP contribution in [0.15, 0.2) is 54.6 Å². The molecule has 1 saturated heterocycles. The molecular formula is C16H16ClNO. The molecule has 0 bridgehead atoms. The zero-order valence-electron chi connectivity index (χ0n) is 10.6. The van der Waals surface area contributed by atoms with E-state index in [0.717, 1.165) is 23.7 Å². The van der Waals surface area contributed by atoms with Crippen LogP contribution in [0.1, 0.15) is 23.3 Å². The van der Waals surface area contributed by atoms with Crippen molar-refractivity contribution >= 4 is 11.6 Å². The number of morpholine rings is 1. The molecule has 0 amide bonds. The molecule has 2 aromatic carbocycles. The summed E-state index contributed by atoms with van der Waals surface area (Å²) in [6.45, 7) is 1.69. The van der Waals surface area contributed by atoms with Gasteiger partial charge in [0.05, 0.1) is 12.2 Å². The molecule has 2 nitrogen and oxygen atoms in total. The monoisotopic (exact) mass is 273 g/mol. The largest absolute Gasteiger partial charge is 0.363 e. The van der Waals surface area contributed by atoms with E-state index < -0.39 is 0 Å². The maximum Gasteiger partial charge on any atom is 0.0958 e. The predicted octanol–water partition coefficient (Wildman–Crippen LogP) is 3.74. The highest BCUT2D eigenvalue weighted by Gasteiger charge is 2.24. The first-order chi connectivity index (χ1) is 9.33. The molecule has 3 heteroatoms. The molecule has 0 radical (unpaired) electrons. The minimum absolute atomic E-state index is 0.0798. The summed E-state index contributed by atoms with van der Waals surface area (Å²) in [5.41, 5.74) is 2.38. The van der Waals surface area contributed by atoms with Crippen LogP contribution in [0.2, 0.25) is 5.02 Å². The van der Waals surface area contributed by atoms with Crippen LogP contribution in [-0.2, 0) is 4.74 Å². The van der Waals surface area contributed by atoms with Crippen molar-refractivity contribution in [2.45, 2.75) is 12.2 Å². The Morgan fingerprint density at radius 1 is 0.842 bits per heavy atom. The number of nitrogens with one attached hydrogen (secondary N) is 1. The Bertz CT molecular complexity index is 526. The second kappa shape index (κ2) is 5.74. The second-order valence-electron chi connectivity index (χ2n) is 4.73. The molecule has 19 heavy (non-hydrogen) atoms. The molecule has 1 aliphatic heterocycles. The fourth-order valence-corrected chi connectivity index (χ4v) is 2.50. The fraction of sp³-hybridized carbons (Fsp3) is 0.250. The van der Waals surface area contributed by atoms with Gasteiger partial charge in [0.1, 0.15) is 0 Å². The van der Waals surface area contributed by atoms with Gasteiger partial charge in [-0.25, -0.2) is 0 Å². The molecule has 1 N–H and O–H groups in total. The average molecular weight is 274 g/mol. The summed E-state index contributed by atoms with van der Waals surface area (Å²) >= 11 is 5.92. The summed E-state index contributed by atoms with van der Waals surface area (Å²) in [7, 11) is 0. The minimum Gasteiger partial charge on any atom is -0.363 e. The standard InChI is InChI=1S/C16H16ClNO/c17-14-8-6-13(7-9-14)16-11-18-10-15(19-16)12-4-2-1-3-5-12/h1-9,15-16,18H,10-11H2. The van der Waals surface area contributed by atoms with Crippen molar-refractivity contribution < 1.29 is 4.74 Å². The van der Waals surface area contributed by atoms with Crippen LogP contribution in [0.4, 0.5) is 0 Å². The van der Waals surface area contributed by atoms with E-state index in [4.69, 9.17) is 16.3 Å². The van der Waals surface area contributed by atoms with Gasteiger partial charge in [-0.1, -0.05) is 54.1 Å². The van der Waals surface area contributed by atoms with Gasteiger partial charge >= 0.3 is 0 Å². The highest BCUT2D eigenvalue weighted by Crippen LogP contribution is 2.29. The van der Waals surface area contributed by atoms with E-state index in [1.54, 1.807) is 0 Å². The van der Waals surface area contributed by atoms with Crippen molar-refractivity contribution in [2.75, 3.05) is 13.1 Å². The molecule has 1 aliphatic rings. The first kappa shape index (κ1) is 12.7. The van der Waals surface area contributed by atoms with Crippen molar-refractivity contribution in [3.8, 4) is 0 Å². The van der Waals surface area contributed by atoms with Gasteiger partial charge in [0.2, 0.25) is 0 Å². The van der Waals surface area contributed by atoms with Crippen molar-refractivity contribution in [1.29, 1.82) is 0 Å². The molecule has 0 saturated carbocycles. The molecule has 1 fully saturated rings. The number of hydrogen-bond acceptors (Lipinski definition) is 2. The zero-order valence-corrected chi connectivity index (χ0v) is 11.3. The lowest BCUT2D eigenvalue weighted by Crippen LogP contribution is -2.35. The van der Waals surface area contributed by atoms with E-state index in [9.17, 15) is 0 Å². The number of ether oxygens (including phenoxy) is 1. The van der Waals surface area contributed by atoms with Gasteiger partial charge in [-0.15, -0.1) is 0 Å². The van der Waals surface area contributed by atoms with Gasteiger partial charge in [0.25, 0.3) is 0 Å². The summed E-state index contributed by atoms with van der Waals surface area (Å²) in [5.74, 6) is 0. The SMILES string of the molecule is Clc1ccc(C2CNCC(c3ccccc3)O2)cc1. The Balaban J connectivity index is 1.76. The molecule has 98 valence electrons. The quantitative estimate of drug-likeness (QED) is 0.900. The Labute approximate surface area is 118 Å². The zero-order chi connectivity index (χ0) is 13.1. The molecule has 2 aromatic rings. The lowest BCUT2D eigenvalue weighted by molar-refractivity contribution is -0.0406. The molecule has 0 spiro atoms. The molecule has 0 aromatic heterocycles. The molecule has 3 rings (SSSR count). The number of rotatable bonds is 2. The van der Waals surface area contributed by atoms with E-state index >= 15 is 0 Å². The summed E-state index contributed by atoms with van der Waals surface area (Å²) in [6, 6.07) is 18.2. The van der Waals surface area contributed by atoms with Gasteiger partial charge in [0, 0.05) is 18.1 Å². The molecule has 2 atom stereocenters. The van der Waals surface area contributed by atoms with Crippen LogP contribution >= 0.6 is 11.6 Å². The Hall–Kier alpha value is -1.35. The Morgan fingerprint density at radius 3 is 2.05 bits per heavy atom. The normalized spacial score (nSPS) is 23.2. The topological polar surface area (TPSA) is 21.3 Å². The van der Waals surface area contributed by atoms with Crippen molar-refractivity contribution in [2.24, 2.45) is 0 Å². The maximum absolute atomic E-state index is 6.19. The second-order valence-corrected chi connectivity index (χ2v) is 5.17. The van der Waals surface area contributed by atoms with Gasteiger partial charge < -0.3 is 10.1 Å².